The van der Waals surface area contributed by atoms with Crippen molar-refractivity contribution in [1.82, 2.24) is 19.9 Å². The van der Waals surface area contributed by atoms with Crippen molar-refractivity contribution in [2.75, 3.05) is 11.4 Å². The highest BCUT2D eigenvalue weighted by molar-refractivity contribution is 7.14. The van der Waals surface area contributed by atoms with E-state index in [4.69, 9.17) is 5.84 Å². The van der Waals surface area contributed by atoms with Crippen molar-refractivity contribution in [3.8, 4) is 0 Å². The summed E-state index contributed by atoms with van der Waals surface area (Å²) in [5.74, 6) is 4.30. The first-order valence-corrected chi connectivity index (χ1v) is 13.9. The number of thiazole rings is 1. The lowest BCUT2D eigenvalue weighted by molar-refractivity contribution is 0.0550. The van der Waals surface area contributed by atoms with Gasteiger partial charge in [-0.1, -0.05) is 52.8 Å². The largest absolute Gasteiger partial charge is 0.345 e. The number of hydrogen-bond acceptors (Lipinski definition) is 8. The summed E-state index contributed by atoms with van der Waals surface area (Å²) in [6.07, 6.45) is 4.22. The number of hydrogen-bond donors (Lipinski definition) is 2. The summed E-state index contributed by atoms with van der Waals surface area (Å²) in [5.41, 5.74) is 2.05. The van der Waals surface area contributed by atoms with Crippen LogP contribution in [0.5, 0.6) is 0 Å². The Hall–Kier alpha value is -3.57. The Morgan fingerprint density at radius 1 is 1.21 bits per heavy atom. The van der Waals surface area contributed by atoms with Crippen LogP contribution in [0.25, 0.3) is 10.9 Å². The van der Waals surface area contributed by atoms with Crippen LogP contribution >= 0.6 is 11.3 Å². The Balaban J connectivity index is 1.79. The quantitative estimate of drug-likeness (QED) is 0.175. The molecule has 10 nitrogen and oxygen atoms in total. The number of benzene rings is 1. The van der Waals surface area contributed by atoms with E-state index in [1.807, 2.05) is 27.1 Å². The third kappa shape index (κ3) is 6.20. The van der Waals surface area contributed by atoms with Crippen LogP contribution in [0, 0.1) is 11.3 Å². The van der Waals surface area contributed by atoms with Crippen molar-refractivity contribution in [2.45, 2.75) is 66.0 Å². The number of nitrogens with two attached hydrogens (primary N) is 1. The Morgan fingerprint density at radius 3 is 2.49 bits per heavy atom. The third-order valence-electron chi connectivity index (χ3n) is 6.45. The van der Waals surface area contributed by atoms with Crippen LogP contribution < -0.4 is 16.2 Å². The van der Waals surface area contributed by atoms with Gasteiger partial charge in [0.2, 0.25) is 6.29 Å². The molecule has 0 spiro atoms. The van der Waals surface area contributed by atoms with Crippen LogP contribution in [0.2, 0.25) is 0 Å². The van der Waals surface area contributed by atoms with E-state index in [1.54, 1.807) is 29.6 Å². The molecule has 1 aliphatic rings. The molecule has 0 bridgehead atoms. The standard InChI is InChI=1S/C28H35N6O4S/c1-17(2)14-32(19-10-11-19)27-30-21(16-39-27)24(36)33(20(15-35)13-28(3,4)5)25(37)23-12-18-8-6-7-9-22(18)34(23)26(38)31-29/h6-9,12,16-17,19-20H,10-11,13-14,29H2,1-5H3,(H,31,38)/t20-/m0/s1. The molecule has 0 aliphatic heterocycles. The van der Waals surface area contributed by atoms with Crippen molar-refractivity contribution < 1.29 is 19.2 Å². The van der Waals surface area contributed by atoms with Crippen LogP contribution in [0.1, 0.15) is 74.9 Å². The summed E-state index contributed by atoms with van der Waals surface area (Å²) in [4.78, 5) is 60.8. The topological polar surface area (TPSA) is 131 Å². The molecule has 1 atom stereocenters. The molecule has 207 valence electrons. The number of nitrogen functional groups attached to an aromatic ring is 1. The number of carbonyl (C=O) groups excluding carboxylic acids is 4. The van der Waals surface area contributed by atoms with Gasteiger partial charge in [-0.05, 0) is 42.7 Å². The smallest absolute Gasteiger partial charge is 0.340 e. The molecule has 3 aromatic rings. The molecule has 3 amide bonds. The molecule has 1 aromatic carbocycles. The summed E-state index contributed by atoms with van der Waals surface area (Å²) < 4.78 is 1.11. The number of nitrogens with one attached hydrogen (secondary N) is 1. The minimum atomic E-state index is -1.20. The number of rotatable bonds is 9. The summed E-state index contributed by atoms with van der Waals surface area (Å²) in [5, 5.41) is 2.93. The maximum Gasteiger partial charge on any atom is 0.340 e. The van der Waals surface area contributed by atoms with E-state index in [1.165, 1.54) is 17.4 Å². The molecule has 2 aromatic heterocycles. The van der Waals surface area contributed by atoms with Gasteiger partial charge in [0.15, 0.2) is 5.13 Å². The van der Waals surface area contributed by atoms with Gasteiger partial charge in [-0.3, -0.25) is 29.3 Å². The Morgan fingerprint density at radius 2 is 1.90 bits per heavy atom. The first-order chi connectivity index (χ1) is 18.4. The second-order valence-electron chi connectivity index (χ2n) is 11.5. The molecule has 11 heteroatoms. The number of fused-ring (bicyclic) bond motifs is 1. The van der Waals surface area contributed by atoms with E-state index >= 15 is 0 Å². The normalized spacial score (nSPS) is 14.3. The second-order valence-corrected chi connectivity index (χ2v) is 12.4. The minimum absolute atomic E-state index is 0.0675. The molecule has 39 heavy (non-hydrogen) atoms. The number of aromatic nitrogens is 2. The molecule has 1 radical (unpaired) electrons. The lowest BCUT2D eigenvalue weighted by Crippen LogP contribution is -2.48. The average Bonchev–Trinajstić information content (AvgIpc) is 3.47. The van der Waals surface area contributed by atoms with Gasteiger partial charge in [-0.15, -0.1) is 11.3 Å². The van der Waals surface area contributed by atoms with Crippen molar-refractivity contribution in [3.05, 3.63) is 47.1 Å². The van der Waals surface area contributed by atoms with Crippen LogP contribution in [-0.2, 0) is 4.79 Å². The lowest BCUT2D eigenvalue weighted by Gasteiger charge is -2.30. The van der Waals surface area contributed by atoms with Crippen molar-refractivity contribution in [1.29, 1.82) is 0 Å². The van der Waals surface area contributed by atoms with Gasteiger partial charge in [0.1, 0.15) is 17.4 Å². The Bertz CT molecular complexity index is 1380. The second kappa shape index (κ2) is 11.3. The number of hydrazine groups is 1. The van der Waals surface area contributed by atoms with E-state index in [0.29, 0.717) is 28.0 Å². The monoisotopic (exact) mass is 551 g/mol. The molecule has 3 N–H and O–H groups in total. The van der Waals surface area contributed by atoms with E-state index in [2.05, 4.69) is 29.2 Å². The number of anilines is 1. The number of amides is 3. The van der Waals surface area contributed by atoms with Crippen LogP contribution in [-0.4, -0.2) is 57.2 Å². The maximum atomic E-state index is 14.1. The minimum Gasteiger partial charge on any atom is -0.345 e. The first kappa shape index (κ1) is 28.4. The molecule has 0 unspecified atom stereocenters. The molecule has 1 saturated carbocycles. The number of nitrogens with zero attached hydrogens (tertiary/aromatic N) is 4. The third-order valence-corrected chi connectivity index (χ3v) is 7.33. The molecule has 1 aliphatic carbocycles. The molecule has 1 fully saturated rings. The Labute approximate surface area is 232 Å². The van der Waals surface area contributed by atoms with E-state index in [9.17, 15) is 19.2 Å². The molecule has 2 heterocycles. The van der Waals surface area contributed by atoms with Gasteiger partial charge in [0.05, 0.1) is 5.52 Å². The van der Waals surface area contributed by atoms with E-state index in [0.717, 1.165) is 28.9 Å². The van der Waals surface area contributed by atoms with Crippen molar-refractivity contribution in [3.63, 3.8) is 0 Å². The first-order valence-electron chi connectivity index (χ1n) is 13.0. The zero-order valence-corrected chi connectivity index (χ0v) is 23.7. The van der Waals surface area contributed by atoms with E-state index < -0.39 is 29.3 Å². The van der Waals surface area contributed by atoms with Crippen LogP contribution in [0.15, 0.2) is 35.7 Å². The molecular formula is C28H35N6O4S. The van der Waals surface area contributed by atoms with Gasteiger partial charge in [0.25, 0.3) is 11.8 Å². The van der Waals surface area contributed by atoms with Crippen molar-refractivity contribution >= 4 is 51.5 Å². The zero-order chi connectivity index (χ0) is 28.5. The van der Waals surface area contributed by atoms with Crippen LogP contribution in [0.4, 0.5) is 9.93 Å². The maximum absolute atomic E-state index is 14.1. The lowest BCUT2D eigenvalue weighted by atomic mass is 9.87. The van der Waals surface area contributed by atoms with E-state index in [-0.39, 0.29) is 17.8 Å². The van der Waals surface area contributed by atoms with Crippen LogP contribution in [0.3, 0.4) is 0 Å². The SMILES string of the molecule is CC(C)CN(c1nc(C(=O)N(C(=O)c2cc3ccccc3n2C(=O)NN)[C@H]([C]=O)CC(C)(C)C)cs1)C1CC1. The molecular weight excluding hydrogens is 516 g/mol. The highest BCUT2D eigenvalue weighted by Crippen LogP contribution is 2.35. The Kier molecular flexibility index (Phi) is 8.22. The predicted octanol–water partition coefficient (Wildman–Crippen LogP) is 4.35. The van der Waals surface area contributed by atoms with Gasteiger partial charge in [-0.2, -0.15) is 0 Å². The summed E-state index contributed by atoms with van der Waals surface area (Å²) in [6, 6.07) is 6.85. The highest BCUT2D eigenvalue weighted by atomic mass is 32.1. The average molecular weight is 552 g/mol. The zero-order valence-electron chi connectivity index (χ0n) is 22.9. The summed E-state index contributed by atoms with van der Waals surface area (Å²) >= 11 is 1.34. The molecule has 0 saturated heterocycles. The number of carbonyl (C=O) groups is 3. The number of para-hydroxylation sites is 1. The van der Waals surface area contributed by atoms with Gasteiger partial charge in [-0.25, -0.2) is 15.6 Å². The number of imide groups is 1. The van der Waals surface area contributed by atoms with Gasteiger partial charge in [0, 0.05) is 23.4 Å². The summed E-state index contributed by atoms with van der Waals surface area (Å²) in [7, 11) is 0. The van der Waals surface area contributed by atoms with Gasteiger partial charge < -0.3 is 4.90 Å². The fourth-order valence-corrected chi connectivity index (χ4v) is 5.52. The molecule has 4 rings (SSSR count). The van der Waals surface area contributed by atoms with Crippen molar-refractivity contribution in [2.24, 2.45) is 17.2 Å². The predicted molar refractivity (Wildman–Crippen MR) is 151 cm³/mol. The fourth-order valence-electron chi connectivity index (χ4n) is 4.64. The summed E-state index contributed by atoms with van der Waals surface area (Å²) in [6.45, 7) is 10.8. The fraction of sp³-hybridized carbons (Fsp3) is 0.464. The van der Waals surface area contributed by atoms with Gasteiger partial charge >= 0.3 is 6.03 Å². The highest BCUT2D eigenvalue weighted by Gasteiger charge is 2.38.